The highest BCUT2D eigenvalue weighted by Gasteiger charge is 2.09. The Kier molecular flexibility index (Phi) is 2.68. The van der Waals surface area contributed by atoms with Crippen LogP contribution in [0.1, 0.15) is 16.2 Å². The topological polar surface area (TPSA) is 72.2 Å². The van der Waals surface area contributed by atoms with Gasteiger partial charge in [-0.1, -0.05) is 0 Å². The zero-order valence-corrected chi connectivity index (χ0v) is 10.2. The smallest absolute Gasteiger partial charge is 0.255 e. The van der Waals surface area contributed by atoms with E-state index in [1.807, 2.05) is 11.3 Å². The van der Waals surface area contributed by atoms with Gasteiger partial charge in [-0.2, -0.15) is 0 Å². The summed E-state index contributed by atoms with van der Waals surface area (Å²) in [5, 5.41) is 10.7. The maximum absolute atomic E-state index is 12.1. The number of hydrogen-bond donors (Lipinski definition) is 1. The van der Waals surface area contributed by atoms with E-state index < -0.39 is 0 Å². The summed E-state index contributed by atoms with van der Waals surface area (Å²) in [7, 11) is 0. The summed E-state index contributed by atoms with van der Waals surface area (Å²) >= 11 is 0. The molecular formula is C13H11N5O. The van der Waals surface area contributed by atoms with Crippen molar-refractivity contribution >= 4 is 17.2 Å². The standard InChI is InChI=1S/C13H11N5O/c1-9-16-17-12-7-10(4-6-18(9)12)13(19)15-11-3-2-5-14-8-11/h2-8H,1H3,(H,15,19). The predicted octanol–water partition coefficient (Wildman–Crippen LogP) is 1.69. The van der Waals surface area contributed by atoms with Crippen LogP contribution in [0.15, 0.2) is 42.9 Å². The van der Waals surface area contributed by atoms with Crippen molar-refractivity contribution in [2.24, 2.45) is 0 Å². The third-order valence-corrected chi connectivity index (χ3v) is 2.76. The summed E-state index contributed by atoms with van der Waals surface area (Å²) in [4.78, 5) is 16.0. The molecule has 1 N–H and O–H groups in total. The average molecular weight is 253 g/mol. The van der Waals surface area contributed by atoms with E-state index in [9.17, 15) is 4.79 Å². The first-order chi connectivity index (χ1) is 9.24. The van der Waals surface area contributed by atoms with Crippen LogP contribution in [0.3, 0.4) is 0 Å². The van der Waals surface area contributed by atoms with E-state index in [1.54, 1.807) is 42.9 Å². The van der Waals surface area contributed by atoms with Crippen molar-refractivity contribution in [1.82, 2.24) is 19.6 Å². The lowest BCUT2D eigenvalue weighted by atomic mass is 10.2. The number of nitrogens with one attached hydrogen (secondary N) is 1. The molecule has 0 saturated heterocycles. The molecule has 0 unspecified atom stereocenters. The van der Waals surface area contributed by atoms with Gasteiger partial charge in [0.25, 0.3) is 5.91 Å². The highest BCUT2D eigenvalue weighted by atomic mass is 16.1. The summed E-state index contributed by atoms with van der Waals surface area (Å²) in [6, 6.07) is 6.98. The van der Waals surface area contributed by atoms with E-state index in [4.69, 9.17) is 0 Å². The molecule has 1 amide bonds. The van der Waals surface area contributed by atoms with E-state index in [1.165, 1.54) is 0 Å². The van der Waals surface area contributed by atoms with Gasteiger partial charge in [0.15, 0.2) is 5.65 Å². The molecule has 19 heavy (non-hydrogen) atoms. The van der Waals surface area contributed by atoms with Crippen molar-refractivity contribution < 1.29 is 4.79 Å². The lowest BCUT2D eigenvalue weighted by Crippen LogP contribution is -2.12. The molecular weight excluding hydrogens is 242 g/mol. The maximum atomic E-state index is 12.1. The zero-order valence-electron chi connectivity index (χ0n) is 10.2. The van der Waals surface area contributed by atoms with Crippen molar-refractivity contribution in [3.05, 3.63) is 54.2 Å². The van der Waals surface area contributed by atoms with Crippen LogP contribution < -0.4 is 5.32 Å². The number of amides is 1. The Balaban J connectivity index is 1.89. The predicted molar refractivity (Wildman–Crippen MR) is 69.9 cm³/mol. The van der Waals surface area contributed by atoms with E-state index in [-0.39, 0.29) is 5.91 Å². The molecule has 3 rings (SSSR count). The Morgan fingerprint density at radius 3 is 3.00 bits per heavy atom. The summed E-state index contributed by atoms with van der Waals surface area (Å²) in [6.45, 7) is 1.86. The van der Waals surface area contributed by atoms with Crippen LogP contribution in [0, 0.1) is 6.92 Å². The number of anilines is 1. The highest BCUT2D eigenvalue weighted by Crippen LogP contribution is 2.10. The van der Waals surface area contributed by atoms with Crippen LogP contribution in [0.2, 0.25) is 0 Å². The van der Waals surface area contributed by atoms with Crippen LogP contribution in [0.4, 0.5) is 5.69 Å². The van der Waals surface area contributed by atoms with Crippen LogP contribution >= 0.6 is 0 Å². The Morgan fingerprint density at radius 2 is 2.21 bits per heavy atom. The van der Waals surface area contributed by atoms with E-state index >= 15 is 0 Å². The average Bonchev–Trinajstić information content (AvgIpc) is 2.81. The van der Waals surface area contributed by atoms with Crippen molar-refractivity contribution in [3.63, 3.8) is 0 Å². The zero-order chi connectivity index (χ0) is 13.2. The van der Waals surface area contributed by atoms with Gasteiger partial charge in [0.05, 0.1) is 11.9 Å². The Morgan fingerprint density at radius 1 is 1.32 bits per heavy atom. The van der Waals surface area contributed by atoms with Crippen LogP contribution in [-0.4, -0.2) is 25.5 Å². The van der Waals surface area contributed by atoms with Gasteiger partial charge in [-0.05, 0) is 31.2 Å². The molecule has 0 saturated carbocycles. The largest absolute Gasteiger partial charge is 0.321 e. The molecule has 3 aromatic rings. The van der Waals surface area contributed by atoms with Crippen molar-refractivity contribution in [2.75, 3.05) is 5.32 Å². The molecule has 0 aliphatic rings. The molecule has 0 aliphatic heterocycles. The van der Waals surface area contributed by atoms with Crippen molar-refractivity contribution in [3.8, 4) is 0 Å². The third-order valence-electron chi connectivity index (χ3n) is 2.76. The molecule has 0 bridgehead atoms. The number of fused-ring (bicyclic) bond motifs is 1. The van der Waals surface area contributed by atoms with Gasteiger partial charge in [-0.25, -0.2) is 0 Å². The molecule has 94 valence electrons. The molecule has 6 heteroatoms. The Labute approximate surface area is 109 Å². The number of aryl methyl sites for hydroxylation is 1. The Hall–Kier alpha value is -2.76. The molecule has 0 radical (unpaired) electrons. The summed E-state index contributed by atoms with van der Waals surface area (Å²) in [5.74, 6) is 0.588. The first kappa shape index (κ1) is 11.3. The minimum Gasteiger partial charge on any atom is -0.321 e. The monoisotopic (exact) mass is 253 g/mol. The number of nitrogens with zero attached hydrogens (tertiary/aromatic N) is 4. The summed E-state index contributed by atoms with van der Waals surface area (Å²) in [6.07, 6.45) is 5.03. The van der Waals surface area contributed by atoms with Crippen LogP contribution in [0.25, 0.3) is 5.65 Å². The van der Waals surface area contributed by atoms with Crippen molar-refractivity contribution in [2.45, 2.75) is 6.92 Å². The quantitative estimate of drug-likeness (QED) is 0.754. The summed E-state index contributed by atoms with van der Waals surface area (Å²) < 4.78 is 1.82. The molecule has 0 aromatic carbocycles. The number of pyridine rings is 2. The summed E-state index contributed by atoms with van der Waals surface area (Å²) in [5.41, 5.74) is 1.84. The van der Waals surface area contributed by atoms with Crippen LogP contribution in [-0.2, 0) is 0 Å². The second-order valence-corrected chi connectivity index (χ2v) is 4.09. The SMILES string of the molecule is Cc1nnc2cc(C(=O)Nc3cccnc3)ccn12. The molecule has 3 heterocycles. The van der Waals surface area contributed by atoms with Gasteiger partial charge in [-0.3, -0.25) is 14.2 Å². The lowest BCUT2D eigenvalue weighted by Gasteiger charge is -2.04. The first-order valence-electron chi connectivity index (χ1n) is 5.77. The van der Waals surface area contributed by atoms with E-state index in [0.29, 0.717) is 16.9 Å². The number of hydrogen-bond acceptors (Lipinski definition) is 4. The van der Waals surface area contributed by atoms with Gasteiger partial charge in [-0.15, -0.1) is 10.2 Å². The minimum absolute atomic E-state index is 0.198. The number of carbonyl (C=O) groups is 1. The van der Waals surface area contributed by atoms with Crippen molar-refractivity contribution in [1.29, 1.82) is 0 Å². The Bertz CT molecular complexity index is 735. The molecule has 0 aliphatic carbocycles. The number of aromatic nitrogens is 4. The minimum atomic E-state index is -0.198. The molecule has 0 atom stereocenters. The molecule has 0 spiro atoms. The molecule has 0 fully saturated rings. The number of carbonyl (C=O) groups excluding carboxylic acids is 1. The van der Waals surface area contributed by atoms with Gasteiger partial charge < -0.3 is 5.32 Å². The van der Waals surface area contributed by atoms with Gasteiger partial charge in [0, 0.05) is 18.0 Å². The first-order valence-corrected chi connectivity index (χ1v) is 5.77. The van der Waals surface area contributed by atoms with Gasteiger partial charge >= 0.3 is 0 Å². The molecule has 3 aromatic heterocycles. The fourth-order valence-electron chi connectivity index (χ4n) is 1.79. The number of rotatable bonds is 2. The normalized spacial score (nSPS) is 10.6. The van der Waals surface area contributed by atoms with Crippen LogP contribution in [0.5, 0.6) is 0 Å². The van der Waals surface area contributed by atoms with Gasteiger partial charge in [0.1, 0.15) is 5.82 Å². The van der Waals surface area contributed by atoms with E-state index in [0.717, 1.165) is 5.82 Å². The second-order valence-electron chi connectivity index (χ2n) is 4.09. The fourth-order valence-corrected chi connectivity index (χ4v) is 1.79. The fraction of sp³-hybridized carbons (Fsp3) is 0.0769. The second kappa shape index (κ2) is 4.49. The van der Waals surface area contributed by atoms with Gasteiger partial charge in [0.2, 0.25) is 0 Å². The molecule has 6 nitrogen and oxygen atoms in total. The maximum Gasteiger partial charge on any atom is 0.255 e. The third kappa shape index (κ3) is 2.15. The highest BCUT2D eigenvalue weighted by molar-refractivity contribution is 6.04. The lowest BCUT2D eigenvalue weighted by molar-refractivity contribution is 0.102. The van der Waals surface area contributed by atoms with E-state index in [2.05, 4.69) is 20.5 Å².